The average molecular weight is 440 g/mol. The molecule has 0 spiro atoms. The highest BCUT2D eigenvalue weighted by Crippen LogP contribution is 2.43. The molecule has 2 N–H and O–H groups in total. The number of esters is 1. The first-order chi connectivity index (χ1) is 15.3. The molecule has 3 atom stereocenters. The van der Waals surface area contributed by atoms with Crippen LogP contribution >= 0.6 is 0 Å². The second-order valence-corrected chi connectivity index (χ2v) is 7.79. The number of hydrogen-bond acceptors (Lipinski definition) is 6. The number of amides is 2. The van der Waals surface area contributed by atoms with Crippen molar-refractivity contribution in [2.24, 2.45) is 11.7 Å². The van der Waals surface area contributed by atoms with Crippen LogP contribution in [-0.2, 0) is 19.1 Å². The molecule has 2 aromatic carbocycles. The van der Waals surface area contributed by atoms with Crippen LogP contribution in [0.5, 0.6) is 11.5 Å². The Morgan fingerprint density at radius 3 is 2.31 bits per heavy atom. The predicted molar refractivity (Wildman–Crippen MR) is 118 cm³/mol. The minimum atomic E-state index is -1.07. The Morgan fingerprint density at radius 2 is 1.72 bits per heavy atom. The van der Waals surface area contributed by atoms with Gasteiger partial charge >= 0.3 is 5.97 Å². The van der Waals surface area contributed by atoms with E-state index in [1.165, 1.54) is 21.1 Å². The van der Waals surface area contributed by atoms with Crippen molar-refractivity contribution in [3.05, 3.63) is 53.6 Å². The van der Waals surface area contributed by atoms with Crippen LogP contribution in [0.3, 0.4) is 0 Å². The van der Waals surface area contributed by atoms with Gasteiger partial charge in [0, 0.05) is 12.1 Å². The summed E-state index contributed by atoms with van der Waals surface area (Å²) in [6.07, 6.45) is -0.619. The summed E-state index contributed by atoms with van der Waals surface area (Å²) in [7, 11) is 3.05. The van der Waals surface area contributed by atoms with Crippen molar-refractivity contribution in [3.8, 4) is 11.5 Å². The van der Waals surface area contributed by atoms with Crippen LogP contribution in [0.4, 0.5) is 5.69 Å². The first-order valence-corrected chi connectivity index (χ1v) is 10.4. The summed E-state index contributed by atoms with van der Waals surface area (Å²) in [5.74, 6) is -1.12. The van der Waals surface area contributed by atoms with Crippen LogP contribution < -0.4 is 20.1 Å². The fraction of sp³-hybridized carbons (Fsp3) is 0.375. The Labute approximate surface area is 187 Å². The number of nitrogens with zero attached hydrogens (tertiary/aromatic N) is 1. The Balaban J connectivity index is 2.10. The number of methoxy groups -OCH3 is 2. The van der Waals surface area contributed by atoms with Crippen molar-refractivity contribution in [2.45, 2.75) is 38.8 Å². The van der Waals surface area contributed by atoms with Crippen molar-refractivity contribution in [3.63, 3.8) is 0 Å². The quantitative estimate of drug-likeness (QED) is 0.663. The average Bonchev–Trinajstić information content (AvgIpc) is 2.78. The molecule has 1 saturated heterocycles. The maximum absolute atomic E-state index is 13.1. The van der Waals surface area contributed by atoms with Gasteiger partial charge in [-0.25, -0.2) is 0 Å². The summed E-state index contributed by atoms with van der Waals surface area (Å²) < 4.78 is 16.1. The lowest BCUT2D eigenvalue weighted by Gasteiger charge is -2.40. The van der Waals surface area contributed by atoms with Crippen LogP contribution in [0.2, 0.25) is 0 Å². The molecule has 8 nitrogen and oxygen atoms in total. The maximum atomic E-state index is 13.1. The van der Waals surface area contributed by atoms with Gasteiger partial charge in [0.15, 0.2) is 17.6 Å². The number of aryl methyl sites for hydroxylation is 1. The number of piperidine rings is 1. The fourth-order valence-electron chi connectivity index (χ4n) is 3.89. The molecule has 0 saturated carbocycles. The Hall–Kier alpha value is -3.55. The molecule has 1 heterocycles. The zero-order valence-electron chi connectivity index (χ0n) is 18.7. The van der Waals surface area contributed by atoms with E-state index in [0.717, 1.165) is 5.56 Å². The summed E-state index contributed by atoms with van der Waals surface area (Å²) in [6.45, 7) is 3.39. The molecule has 0 bridgehead atoms. The normalized spacial score (nSPS) is 19.2. The molecule has 0 aromatic heterocycles. The van der Waals surface area contributed by atoms with Gasteiger partial charge in [-0.15, -0.1) is 0 Å². The van der Waals surface area contributed by atoms with Crippen LogP contribution in [0, 0.1) is 12.8 Å². The zero-order chi connectivity index (χ0) is 23.4. The number of carbonyl (C=O) groups is 3. The van der Waals surface area contributed by atoms with Crippen LogP contribution in [0.1, 0.15) is 36.9 Å². The molecule has 2 amide bonds. The molecular formula is C24H28N2O6. The van der Waals surface area contributed by atoms with E-state index in [2.05, 4.69) is 0 Å². The van der Waals surface area contributed by atoms with E-state index in [9.17, 15) is 14.4 Å². The molecule has 0 radical (unpaired) electrons. The van der Waals surface area contributed by atoms with Crippen molar-refractivity contribution in [1.82, 2.24) is 0 Å². The van der Waals surface area contributed by atoms with Crippen LogP contribution in [0.15, 0.2) is 42.5 Å². The molecule has 0 aliphatic carbocycles. The number of ether oxygens (including phenoxy) is 3. The van der Waals surface area contributed by atoms with E-state index in [-0.39, 0.29) is 18.7 Å². The number of anilines is 1. The predicted octanol–water partition coefficient (Wildman–Crippen LogP) is 2.91. The fourth-order valence-corrected chi connectivity index (χ4v) is 3.89. The van der Waals surface area contributed by atoms with Gasteiger partial charge in [0.05, 0.1) is 26.2 Å². The standard InChI is InChI=1S/C24H28N2O6/c1-14-5-8-17(9-6-14)26-21(27)12-10-18(24(29)32-15(2)23(25)28)22(26)16-7-11-19(30-3)20(13-16)31-4/h5-9,11,13,15,18,22H,10,12H2,1-4H3,(H2,25,28)/t15-,18+,22-/m0/s1. The molecular weight excluding hydrogens is 412 g/mol. The third kappa shape index (κ3) is 4.69. The van der Waals surface area contributed by atoms with Crippen molar-refractivity contribution < 1.29 is 28.6 Å². The first kappa shape index (κ1) is 23.1. The zero-order valence-corrected chi connectivity index (χ0v) is 18.7. The van der Waals surface area contributed by atoms with E-state index in [0.29, 0.717) is 22.7 Å². The topological polar surface area (TPSA) is 108 Å². The van der Waals surface area contributed by atoms with Gasteiger partial charge in [0.1, 0.15) is 0 Å². The number of nitrogens with two attached hydrogens (primary N) is 1. The highest BCUT2D eigenvalue weighted by molar-refractivity contribution is 5.97. The lowest BCUT2D eigenvalue weighted by molar-refractivity contribution is -0.159. The van der Waals surface area contributed by atoms with Crippen molar-refractivity contribution in [2.75, 3.05) is 19.1 Å². The Kier molecular flexibility index (Phi) is 7.02. The minimum Gasteiger partial charge on any atom is -0.493 e. The monoisotopic (exact) mass is 440 g/mol. The largest absolute Gasteiger partial charge is 0.493 e. The summed E-state index contributed by atoms with van der Waals surface area (Å²) in [6, 6.07) is 12.1. The molecule has 1 aliphatic heterocycles. The van der Waals surface area contributed by atoms with Gasteiger partial charge in [-0.2, -0.15) is 0 Å². The van der Waals surface area contributed by atoms with Gasteiger partial charge in [-0.1, -0.05) is 23.8 Å². The summed E-state index contributed by atoms with van der Waals surface area (Å²) in [5, 5.41) is 0. The molecule has 1 aliphatic rings. The van der Waals surface area contributed by atoms with Crippen molar-refractivity contribution in [1.29, 1.82) is 0 Å². The van der Waals surface area contributed by atoms with Crippen LogP contribution in [-0.4, -0.2) is 38.1 Å². The molecule has 1 fully saturated rings. The highest BCUT2D eigenvalue weighted by atomic mass is 16.5. The first-order valence-electron chi connectivity index (χ1n) is 10.4. The van der Waals surface area contributed by atoms with Gasteiger partial charge in [0.2, 0.25) is 5.91 Å². The van der Waals surface area contributed by atoms with Gasteiger partial charge in [-0.3, -0.25) is 14.4 Å². The summed E-state index contributed by atoms with van der Waals surface area (Å²) in [4.78, 5) is 39.2. The van der Waals surface area contributed by atoms with Gasteiger partial charge in [0.25, 0.3) is 5.91 Å². The highest BCUT2D eigenvalue weighted by Gasteiger charge is 2.43. The maximum Gasteiger partial charge on any atom is 0.312 e. The minimum absolute atomic E-state index is 0.111. The third-order valence-corrected chi connectivity index (χ3v) is 5.65. The number of primary amides is 1. The van der Waals surface area contributed by atoms with E-state index >= 15 is 0 Å². The Bertz CT molecular complexity index is 1000. The smallest absolute Gasteiger partial charge is 0.312 e. The molecule has 32 heavy (non-hydrogen) atoms. The lowest BCUT2D eigenvalue weighted by Crippen LogP contribution is -2.47. The van der Waals surface area contributed by atoms with E-state index < -0.39 is 29.9 Å². The lowest BCUT2D eigenvalue weighted by atomic mass is 9.83. The third-order valence-electron chi connectivity index (χ3n) is 5.65. The molecule has 2 aromatic rings. The van der Waals surface area contributed by atoms with Gasteiger partial charge in [-0.05, 0) is 50.1 Å². The van der Waals surface area contributed by atoms with Gasteiger partial charge < -0.3 is 24.8 Å². The summed E-state index contributed by atoms with van der Waals surface area (Å²) in [5.41, 5.74) is 7.67. The van der Waals surface area contributed by atoms with Crippen LogP contribution in [0.25, 0.3) is 0 Å². The number of carbonyl (C=O) groups excluding carboxylic acids is 3. The molecule has 170 valence electrons. The van der Waals surface area contributed by atoms with E-state index in [4.69, 9.17) is 19.9 Å². The Morgan fingerprint density at radius 1 is 1.06 bits per heavy atom. The summed E-state index contributed by atoms with van der Waals surface area (Å²) >= 11 is 0. The van der Waals surface area contributed by atoms with E-state index in [1.54, 1.807) is 23.1 Å². The second-order valence-electron chi connectivity index (χ2n) is 7.79. The molecule has 0 unspecified atom stereocenters. The SMILES string of the molecule is COc1ccc([C@H]2[C@H](C(=O)O[C@@H](C)C(N)=O)CCC(=O)N2c2ccc(C)cc2)cc1OC. The number of rotatable bonds is 7. The van der Waals surface area contributed by atoms with Crippen molar-refractivity contribution >= 4 is 23.5 Å². The number of hydrogen-bond donors (Lipinski definition) is 1. The molecule has 3 rings (SSSR count). The number of benzene rings is 2. The second kappa shape index (κ2) is 9.72. The molecule has 8 heteroatoms. The van der Waals surface area contributed by atoms with E-state index in [1.807, 2.05) is 31.2 Å².